The molecule has 2 rings (SSSR count). The van der Waals surface area contributed by atoms with Gasteiger partial charge in [-0.3, -0.25) is 4.79 Å². The SMILES string of the molecule is CC(C)C(NC(=O)NCc1ccccc1)C(=O)N(C)Cc1ccc(C#N)cc1. The number of urea groups is 1. The van der Waals surface area contributed by atoms with Crippen LogP contribution in [0.15, 0.2) is 54.6 Å². The molecule has 146 valence electrons. The maximum Gasteiger partial charge on any atom is 0.315 e. The Labute approximate surface area is 166 Å². The Bertz CT molecular complexity index is 826. The molecule has 6 heteroatoms. The van der Waals surface area contributed by atoms with Crippen LogP contribution in [0.2, 0.25) is 0 Å². The first-order chi connectivity index (χ1) is 13.4. The minimum Gasteiger partial charge on any atom is -0.340 e. The van der Waals surface area contributed by atoms with Crippen LogP contribution in [0, 0.1) is 17.2 Å². The largest absolute Gasteiger partial charge is 0.340 e. The summed E-state index contributed by atoms with van der Waals surface area (Å²) in [6, 6.07) is 17.8. The van der Waals surface area contributed by atoms with Crippen LogP contribution in [0.4, 0.5) is 4.79 Å². The number of benzene rings is 2. The highest BCUT2D eigenvalue weighted by Gasteiger charge is 2.27. The Morgan fingerprint density at radius 3 is 2.25 bits per heavy atom. The summed E-state index contributed by atoms with van der Waals surface area (Å²) in [5.41, 5.74) is 2.49. The van der Waals surface area contributed by atoms with Crippen LogP contribution < -0.4 is 10.6 Å². The summed E-state index contributed by atoms with van der Waals surface area (Å²) in [5, 5.41) is 14.4. The van der Waals surface area contributed by atoms with Gasteiger partial charge < -0.3 is 15.5 Å². The number of amides is 3. The number of carbonyl (C=O) groups is 2. The first-order valence-corrected chi connectivity index (χ1v) is 9.23. The number of nitriles is 1. The molecule has 0 saturated carbocycles. The lowest BCUT2D eigenvalue weighted by Crippen LogP contribution is -2.52. The third-order valence-electron chi connectivity index (χ3n) is 4.39. The number of nitrogens with zero attached hydrogens (tertiary/aromatic N) is 2. The Balaban J connectivity index is 1.94. The fourth-order valence-corrected chi connectivity index (χ4v) is 2.76. The van der Waals surface area contributed by atoms with Crippen molar-refractivity contribution in [3.8, 4) is 6.07 Å². The van der Waals surface area contributed by atoms with Crippen molar-refractivity contribution in [2.75, 3.05) is 7.05 Å². The zero-order chi connectivity index (χ0) is 20.5. The van der Waals surface area contributed by atoms with E-state index in [-0.39, 0.29) is 17.9 Å². The molecule has 0 aliphatic carbocycles. The molecule has 6 nitrogen and oxygen atoms in total. The molecule has 0 heterocycles. The van der Waals surface area contributed by atoms with Crippen molar-refractivity contribution >= 4 is 11.9 Å². The fourth-order valence-electron chi connectivity index (χ4n) is 2.76. The van der Waals surface area contributed by atoms with Gasteiger partial charge in [-0.25, -0.2) is 4.79 Å². The summed E-state index contributed by atoms with van der Waals surface area (Å²) in [6.07, 6.45) is 0. The van der Waals surface area contributed by atoms with Crippen molar-refractivity contribution in [1.82, 2.24) is 15.5 Å². The molecular weight excluding hydrogens is 352 g/mol. The molecule has 2 aromatic carbocycles. The molecule has 0 bridgehead atoms. The number of hydrogen-bond donors (Lipinski definition) is 2. The predicted octanol–water partition coefficient (Wildman–Crippen LogP) is 3.04. The number of likely N-dealkylation sites (N-methyl/N-ethyl adjacent to an activating group) is 1. The van der Waals surface area contributed by atoms with Gasteiger partial charge in [-0.05, 0) is 29.2 Å². The van der Waals surface area contributed by atoms with Crippen LogP contribution in [0.1, 0.15) is 30.5 Å². The Morgan fingerprint density at radius 2 is 1.68 bits per heavy atom. The minimum atomic E-state index is -0.626. The lowest BCUT2D eigenvalue weighted by molar-refractivity contribution is -0.133. The van der Waals surface area contributed by atoms with Crippen LogP contribution in [-0.2, 0) is 17.9 Å². The van der Waals surface area contributed by atoms with Crippen molar-refractivity contribution in [3.63, 3.8) is 0 Å². The monoisotopic (exact) mass is 378 g/mol. The van der Waals surface area contributed by atoms with Crippen LogP contribution in [0.25, 0.3) is 0 Å². The lowest BCUT2D eigenvalue weighted by Gasteiger charge is -2.27. The van der Waals surface area contributed by atoms with Crippen molar-refractivity contribution in [1.29, 1.82) is 5.26 Å². The average Bonchev–Trinajstić information content (AvgIpc) is 2.71. The van der Waals surface area contributed by atoms with E-state index in [1.165, 1.54) is 0 Å². The van der Waals surface area contributed by atoms with E-state index in [1.54, 1.807) is 24.1 Å². The Morgan fingerprint density at radius 1 is 1.04 bits per heavy atom. The lowest BCUT2D eigenvalue weighted by atomic mass is 10.0. The number of hydrogen-bond acceptors (Lipinski definition) is 3. The average molecular weight is 378 g/mol. The summed E-state index contributed by atoms with van der Waals surface area (Å²) in [5.74, 6) is -0.215. The Kier molecular flexibility index (Phi) is 7.58. The van der Waals surface area contributed by atoms with Crippen molar-refractivity contribution in [3.05, 3.63) is 71.3 Å². The normalized spacial score (nSPS) is 11.4. The van der Waals surface area contributed by atoms with E-state index in [2.05, 4.69) is 16.7 Å². The molecule has 0 aromatic heterocycles. The smallest absolute Gasteiger partial charge is 0.315 e. The van der Waals surface area contributed by atoms with Gasteiger partial charge in [-0.2, -0.15) is 5.26 Å². The number of carbonyl (C=O) groups excluding carboxylic acids is 2. The second-order valence-corrected chi connectivity index (χ2v) is 7.04. The molecule has 0 saturated heterocycles. The zero-order valence-electron chi connectivity index (χ0n) is 16.5. The van der Waals surface area contributed by atoms with E-state index >= 15 is 0 Å². The van der Waals surface area contributed by atoms with Gasteiger partial charge in [-0.1, -0.05) is 56.3 Å². The van der Waals surface area contributed by atoms with E-state index in [4.69, 9.17) is 5.26 Å². The molecule has 0 radical (unpaired) electrons. The summed E-state index contributed by atoms with van der Waals surface area (Å²) < 4.78 is 0. The van der Waals surface area contributed by atoms with Crippen LogP contribution in [0.5, 0.6) is 0 Å². The first kappa shape index (κ1) is 21.0. The maximum atomic E-state index is 12.9. The molecular formula is C22H26N4O2. The quantitative estimate of drug-likeness (QED) is 0.776. The summed E-state index contributed by atoms with van der Waals surface area (Å²) in [7, 11) is 1.71. The predicted molar refractivity (Wildman–Crippen MR) is 108 cm³/mol. The molecule has 0 aliphatic heterocycles. The van der Waals surface area contributed by atoms with Gasteiger partial charge >= 0.3 is 6.03 Å². The van der Waals surface area contributed by atoms with Gasteiger partial charge in [-0.15, -0.1) is 0 Å². The molecule has 0 fully saturated rings. The summed E-state index contributed by atoms with van der Waals surface area (Å²) in [6.45, 7) is 4.60. The maximum absolute atomic E-state index is 12.9. The second-order valence-electron chi connectivity index (χ2n) is 7.04. The van der Waals surface area contributed by atoms with E-state index in [1.807, 2.05) is 56.3 Å². The van der Waals surface area contributed by atoms with E-state index in [0.29, 0.717) is 18.7 Å². The minimum absolute atomic E-state index is 0.0570. The zero-order valence-corrected chi connectivity index (χ0v) is 16.5. The fraction of sp³-hybridized carbons (Fsp3) is 0.318. The molecule has 2 aromatic rings. The summed E-state index contributed by atoms with van der Waals surface area (Å²) >= 11 is 0. The summed E-state index contributed by atoms with van der Waals surface area (Å²) in [4.78, 5) is 26.7. The van der Waals surface area contributed by atoms with Gasteiger partial charge in [0.1, 0.15) is 6.04 Å². The first-order valence-electron chi connectivity index (χ1n) is 9.23. The highest BCUT2D eigenvalue weighted by molar-refractivity contribution is 5.87. The number of rotatable bonds is 7. The van der Waals surface area contributed by atoms with Crippen LogP contribution in [0.3, 0.4) is 0 Å². The molecule has 2 N–H and O–H groups in total. The second kappa shape index (κ2) is 10.1. The molecule has 0 aliphatic rings. The standard InChI is InChI=1S/C22H26N4O2/c1-16(2)20(25-22(28)24-14-18-7-5-4-6-8-18)21(27)26(3)15-19-11-9-17(13-23)10-12-19/h4-12,16,20H,14-15H2,1-3H3,(H2,24,25,28). The van der Waals surface area contributed by atoms with Gasteiger partial charge in [0, 0.05) is 20.1 Å². The Hall–Kier alpha value is -3.33. The highest BCUT2D eigenvalue weighted by atomic mass is 16.2. The van der Waals surface area contributed by atoms with Gasteiger partial charge in [0.05, 0.1) is 11.6 Å². The van der Waals surface area contributed by atoms with Crippen molar-refractivity contribution < 1.29 is 9.59 Å². The molecule has 0 spiro atoms. The third-order valence-corrected chi connectivity index (χ3v) is 4.39. The molecule has 1 atom stereocenters. The van der Waals surface area contributed by atoms with E-state index in [0.717, 1.165) is 11.1 Å². The van der Waals surface area contributed by atoms with Crippen molar-refractivity contribution in [2.24, 2.45) is 5.92 Å². The third kappa shape index (κ3) is 6.13. The molecule has 28 heavy (non-hydrogen) atoms. The van der Waals surface area contributed by atoms with Gasteiger partial charge in [0.25, 0.3) is 0 Å². The highest BCUT2D eigenvalue weighted by Crippen LogP contribution is 2.10. The van der Waals surface area contributed by atoms with Crippen LogP contribution in [-0.4, -0.2) is 29.9 Å². The molecule has 3 amide bonds. The van der Waals surface area contributed by atoms with E-state index in [9.17, 15) is 9.59 Å². The van der Waals surface area contributed by atoms with E-state index < -0.39 is 6.04 Å². The van der Waals surface area contributed by atoms with Gasteiger partial charge in [0.2, 0.25) is 5.91 Å². The van der Waals surface area contributed by atoms with Gasteiger partial charge in [0.15, 0.2) is 0 Å². The molecule has 1 unspecified atom stereocenters. The van der Waals surface area contributed by atoms with Crippen LogP contribution >= 0.6 is 0 Å². The number of nitrogens with one attached hydrogen (secondary N) is 2. The van der Waals surface area contributed by atoms with Crippen molar-refractivity contribution in [2.45, 2.75) is 33.0 Å². The topological polar surface area (TPSA) is 85.2 Å².